The Kier molecular flexibility index (Phi) is 7.11. The van der Waals surface area contributed by atoms with Gasteiger partial charge in [0.05, 0.1) is 41.5 Å². The standard InChI is InChI=1S/C33H23F3N4O3/c1-43-28-10-3-2-6-20(28)17-29(41)39-27-9-5-15-37-31(27)21-11-13-26-25(16-21)32-22(19-38-26)12-14-30(42)40(32)24-8-4-7-23(18-24)33(34,35)36/h2-16,18-19H,17H2,1H3,(H,39,41). The highest BCUT2D eigenvalue weighted by molar-refractivity contribution is 6.06. The highest BCUT2D eigenvalue weighted by atomic mass is 19.4. The van der Waals surface area contributed by atoms with Crippen LogP contribution in [0.15, 0.2) is 108 Å². The number of hydrogen-bond acceptors (Lipinski definition) is 5. The number of pyridine rings is 3. The lowest BCUT2D eigenvalue weighted by Crippen LogP contribution is -2.18. The van der Waals surface area contributed by atoms with Crippen LogP contribution < -0.4 is 15.6 Å². The number of nitrogens with zero attached hydrogens (tertiary/aromatic N) is 3. The van der Waals surface area contributed by atoms with E-state index in [0.29, 0.717) is 44.5 Å². The minimum Gasteiger partial charge on any atom is -0.496 e. The SMILES string of the molecule is COc1ccccc1CC(=O)Nc1cccnc1-c1ccc2ncc3ccc(=O)n(-c4cccc(C(F)(F)F)c4)c3c2c1. The number of aromatic nitrogens is 3. The number of anilines is 1. The third-order valence-electron chi connectivity index (χ3n) is 7.05. The minimum absolute atomic E-state index is 0.0745. The van der Waals surface area contributed by atoms with Crippen LogP contribution in [0.25, 0.3) is 38.8 Å². The molecule has 214 valence electrons. The molecule has 0 atom stereocenters. The topological polar surface area (TPSA) is 86.1 Å². The molecule has 3 heterocycles. The average molecular weight is 581 g/mol. The van der Waals surface area contributed by atoms with Crippen molar-refractivity contribution in [1.82, 2.24) is 14.5 Å². The molecule has 0 unspecified atom stereocenters. The summed E-state index contributed by atoms with van der Waals surface area (Å²) in [6.07, 6.45) is -1.33. The molecule has 3 aromatic heterocycles. The zero-order valence-electron chi connectivity index (χ0n) is 22.7. The number of carbonyl (C=O) groups is 1. The molecule has 7 nitrogen and oxygen atoms in total. The fourth-order valence-electron chi connectivity index (χ4n) is 5.09. The molecule has 1 amide bonds. The quantitative estimate of drug-likeness (QED) is 0.219. The Morgan fingerprint density at radius 2 is 1.77 bits per heavy atom. The summed E-state index contributed by atoms with van der Waals surface area (Å²) in [5.41, 5.74) is 1.92. The predicted octanol–water partition coefficient (Wildman–Crippen LogP) is 6.81. The summed E-state index contributed by atoms with van der Waals surface area (Å²) in [4.78, 5) is 35.2. The molecular formula is C33H23F3N4O3. The maximum atomic E-state index is 13.5. The van der Waals surface area contributed by atoms with Crippen LogP contribution in [-0.4, -0.2) is 27.6 Å². The molecule has 1 N–H and O–H groups in total. The van der Waals surface area contributed by atoms with Gasteiger partial charge in [-0.1, -0.05) is 30.3 Å². The number of amides is 1. The number of halogens is 3. The van der Waals surface area contributed by atoms with Crippen LogP contribution >= 0.6 is 0 Å². The van der Waals surface area contributed by atoms with Gasteiger partial charge in [-0.3, -0.25) is 24.1 Å². The second kappa shape index (κ2) is 11.1. The van der Waals surface area contributed by atoms with Gasteiger partial charge in [-0.2, -0.15) is 13.2 Å². The van der Waals surface area contributed by atoms with E-state index >= 15 is 0 Å². The highest BCUT2D eigenvalue weighted by Crippen LogP contribution is 2.34. The maximum Gasteiger partial charge on any atom is 0.416 e. The smallest absolute Gasteiger partial charge is 0.416 e. The van der Waals surface area contributed by atoms with Crippen LogP contribution in [-0.2, 0) is 17.4 Å². The largest absolute Gasteiger partial charge is 0.496 e. The van der Waals surface area contributed by atoms with Gasteiger partial charge in [-0.05, 0) is 54.6 Å². The molecule has 43 heavy (non-hydrogen) atoms. The van der Waals surface area contributed by atoms with E-state index in [9.17, 15) is 22.8 Å². The van der Waals surface area contributed by atoms with E-state index < -0.39 is 17.3 Å². The molecule has 0 aliphatic rings. The Balaban J connectivity index is 1.46. The molecule has 10 heteroatoms. The van der Waals surface area contributed by atoms with E-state index in [2.05, 4.69) is 15.3 Å². The molecule has 0 spiro atoms. The van der Waals surface area contributed by atoms with Crippen LogP contribution in [0.3, 0.4) is 0 Å². The lowest BCUT2D eigenvalue weighted by molar-refractivity contribution is -0.137. The first kappa shape index (κ1) is 27.6. The van der Waals surface area contributed by atoms with E-state index in [1.54, 1.807) is 62.0 Å². The number of benzene rings is 3. The molecule has 0 saturated heterocycles. The Bertz CT molecular complexity index is 2070. The Morgan fingerprint density at radius 1 is 0.930 bits per heavy atom. The number of ether oxygens (including phenoxy) is 1. The Hall–Kier alpha value is -5.51. The van der Waals surface area contributed by atoms with E-state index in [1.807, 2.05) is 18.2 Å². The summed E-state index contributed by atoms with van der Waals surface area (Å²) < 4.78 is 47.2. The lowest BCUT2D eigenvalue weighted by Gasteiger charge is -2.15. The fourth-order valence-corrected chi connectivity index (χ4v) is 5.09. The monoisotopic (exact) mass is 580 g/mol. The van der Waals surface area contributed by atoms with Crippen molar-refractivity contribution in [1.29, 1.82) is 0 Å². The molecule has 0 saturated carbocycles. The van der Waals surface area contributed by atoms with Gasteiger partial charge in [-0.15, -0.1) is 0 Å². The first-order valence-electron chi connectivity index (χ1n) is 13.2. The number of nitrogens with one attached hydrogen (secondary N) is 1. The zero-order chi connectivity index (χ0) is 30.1. The number of hydrogen-bond donors (Lipinski definition) is 1. The third-order valence-corrected chi connectivity index (χ3v) is 7.05. The first-order valence-corrected chi connectivity index (χ1v) is 13.2. The molecular weight excluding hydrogens is 557 g/mol. The van der Waals surface area contributed by atoms with Crippen molar-refractivity contribution in [2.75, 3.05) is 12.4 Å². The number of rotatable bonds is 6. The van der Waals surface area contributed by atoms with E-state index in [4.69, 9.17) is 4.74 Å². The molecule has 6 aromatic rings. The molecule has 6 rings (SSSR count). The second-order valence-electron chi connectivity index (χ2n) is 9.79. The number of para-hydroxylation sites is 1. The molecule has 3 aromatic carbocycles. The van der Waals surface area contributed by atoms with Gasteiger partial charge in [0.25, 0.3) is 5.56 Å². The summed E-state index contributed by atoms with van der Waals surface area (Å²) in [5.74, 6) is 0.329. The van der Waals surface area contributed by atoms with Crippen molar-refractivity contribution >= 4 is 33.4 Å². The molecule has 0 radical (unpaired) electrons. The van der Waals surface area contributed by atoms with Gasteiger partial charge in [-0.25, -0.2) is 0 Å². The van der Waals surface area contributed by atoms with Gasteiger partial charge in [0, 0.05) is 46.0 Å². The second-order valence-corrected chi connectivity index (χ2v) is 9.79. The molecule has 0 aliphatic heterocycles. The summed E-state index contributed by atoms with van der Waals surface area (Å²) in [7, 11) is 1.54. The molecule has 0 bridgehead atoms. The van der Waals surface area contributed by atoms with Crippen LogP contribution in [0.1, 0.15) is 11.1 Å². The van der Waals surface area contributed by atoms with Gasteiger partial charge in [0.1, 0.15) is 5.75 Å². The zero-order valence-corrected chi connectivity index (χ0v) is 22.7. The van der Waals surface area contributed by atoms with Crippen LogP contribution in [0.2, 0.25) is 0 Å². The van der Waals surface area contributed by atoms with E-state index in [-0.39, 0.29) is 18.0 Å². The summed E-state index contributed by atoms with van der Waals surface area (Å²) in [5, 5.41) is 4.02. The molecule has 0 aliphatic carbocycles. The number of fused-ring (bicyclic) bond motifs is 3. The Labute approximate surface area is 243 Å². The van der Waals surface area contributed by atoms with Crippen molar-refractivity contribution < 1.29 is 22.7 Å². The molecule has 0 fully saturated rings. The number of methoxy groups -OCH3 is 1. The van der Waals surface area contributed by atoms with Gasteiger partial charge >= 0.3 is 6.18 Å². The maximum absolute atomic E-state index is 13.5. The summed E-state index contributed by atoms with van der Waals surface area (Å²) >= 11 is 0. The van der Waals surface area contributed by atoms with Gasteiger partial charge < -0.3 is 10.1 Å². The fraction of sp³-hybridized carbons (Fsp3) is 0.0909. The minimum atomic E-state index is -4.58. The summed E-state index contributed by atoms with van der Waals surface area (Å²) in [6, 6.07) is 23.5. The van der Waals surface area contributed by atoms with E-state index in [1.165, 1.54) is 22.8 Å². The van der Waals surface area contributed by atoms with Crippen LogP contribution in [0, 0.1) is 0 Å². The predicted molar refractivity (Wildman–Crippen MR) is 158 cm³/mol. The van der Waals surface area contributed by atoms with E-state index in [0.717, 1.165) is 17.7 Å². The normalized spacial score (nSPS) is 11.5. The van der Waals surface area contributed by atoms with Crippen molar-refractivity contribution in [2.45, 2.75) is 12.6 Å². The van der Waals surface area contributed by atoms with Gasteiger partial charge in [0.15, 0.2) is 0 Å². The van der Waals surface area contributed by atoms with Crippen LogP contribution in [0.5, 0.6) is 5.75 Å². The third kappa shape index (κ3) is 5.42. The van der Waals surface area contributed by atoms with Crippen molar-refractivity contribution in [2.24, 2.45) is 0 Å². The number of carbonyl (C=O) groups excluding carboxylic acids is 1. The average Bonchev–Trinajstić information content (AvgIpc) is 3.01. The number of alkyl halides is 3. The summed E-state index contributed by atoms with van der Waals surface area (Å²) in [6.45, 7) is 0. The van der Waals surface area contributed by atoms with Crippen molar-refractivity contribution in [3.63, 3.8) is 0 Å². The van der Waals surface area contributed by atoms with Gasteiger partial charge in [0.2, 0.25) is 5.91 Å². The highest BCUT2D eigenvalue weighted by Gasteiger charge is 2.30. The van der Waals surface area contributed by atoms with Crippen LogP contribution in [0.4, 0.5) is 18.9 Å². The first-order chi connectivity index (χ1) is 20.7. The van der Waals surface area contributed by atoms with Crippen molar-refractivity contribution in [3.05, 3.63) is 125 Å². The van der Waals surface area contributed by atoms with Crippen molar-refractivity contribution in [3.8, 4) is 22.7 Å². The lowest BCUT2D eigenvalue weighted by atomic mass is 10.0. The Morgan fingerprint density at radius 3 is 2.58 bits per heavy atom.